The summed E-state index contributed by atoms with van der Waals surface area (Å²) in [6.07, 6.45) is 2.49. The molecule has 6 heteroatoms. The number of nitrogens with zero attached hydrogens (tertiary/aromatic N) is 1. The van der Waals surface area contributed by atoms with Crippen molar-refractivity contribution < 1.29 is 9.21 Å². The molecule has 0 saturated heterocycles. The van der Waals surface area contributed by atoms with E-state index >= 15 is 0 Å². The molecule has 2 aromatic carbocycles. The maximum Gasteiger partial charge on any atom is 0.293 e. The molecular formula is C21H16N2O3S. The first-order chi connectivity index (χ1) is 13.1. The molecule has 1 amide bonds. The molecule has 0 aliphatic rings. The van der Waals surface area contributed by atoms with E-state index in [1.54, 1.807) is 18.3 Å². The second kappa shape index (κ2) is 7.17. The van der Waals surface area contributed by atoms with Crippen LogP contribution in [0.5, 0.6) is 0 Å². The van der Waals surface area contributed by atoms with Crippen molar-refractivity contribution in [1.82, 2.24) is 4.98 Å². The molecule has 0 fully saturated rings. The molecule has 0 saturated carbocycles. The monoisotopic (exact) mass is 376 g/mol. The van der Waals surface area contributed by atoms with Crippen LogP contribution in [0, 0.1) is 6.92 Å². The fourth-order valence-corrected chi connectivity index (χ4v) is 3.63. The minimum absolute atomic E-state index is 0.0313. The number of anilines is 1. The number of aromatic nitrogens is 1. The highest BCUT2D eigenvalue weighted by molar-refractivity contribution is 7.15. The zero-order valence-electron chi connectivity index (χ0n) is 14.6. The van der Waals surface area contributed by atoms with E-state index < -0.39 is 5.91 Å². The average molecular weight is 376 g/mol. The van der Waals surface area contributed by atoms with Crippen LogP contribution >= 0.6 is 11.3 Å². The van der Waals surface area contributed by atoms with Crippen molar-refractivity contribution >= 4 is 33.3 Å². The zero-order valence-corrected chi connectivity index (χ0v) is 15.4. The lowest BCUT2D eigenvalue weighted by atomic mass is 10.1. The van der Waals surface area contributed by atoms with Gasteiger partial charge in [0.15, 0.2) is 16.3 Å². The van der Waals surface area contributed by atoms with Gasteiger partial charge in [-0.2, -0.15) is 0 Å². The Labute approximate surface area is 159 Å². The van der Waals surface area contributed by atoms with Crippen LogP contribution in [0.3, 0.4) is 0 Å². The van der Waals surface area contributed by atoms with Crippen molar-refractivity contribution in [3.63, 3.8) is 0 Å². The van der Waals surface area contributed by atoms with Gasteiger partial charge in [-0.15, -0.1) is 11.3 Å². The van der Waals surface area contributed by atoms with Gasteiger partial charge in [0, 0.05) is 23.6 Å². The SMILES string of the molecule is Cc1ccc2oc(C(=O)Nc3ncc(Cc4ccccc4)s3)cc(=O)c2c1. The molecule has 2 aromatic heterocycles. The van der Waals surface area contributed by atoms with Crippen molar-refractivity contribution in [2.75, 3.05) is 5.32 Å². The van der Waals surface area contributed by atoms with Gasteiger partial charge in [0.2, 0.25) is 0 Å². The minimum Gasteiger partial charge on any atom is -0.451 e. The van der Waals surface area contributed by atoms with Crippen LogP contribution in [0.1, 0.15) is 26.6 Å². The summed E-state index contributed by atoms with van der Waals surface area (Å²) in [5, 5.41) is 3.64. The molecule has 2 heterocycles. The molecule has 134 valence electrons. The fraction of sp³-hybridized carbons (Fsp3) is 0.0952. The number of thiazole rings is 1. The van der Waals surface area contributed by atoms with Crippen LogP contribution in [0.25, 0.3) is 11.0 Å². The van der Waals surface area contributed by atoms with E-state index in [-0.39, 0.29) is 11.2 Å². The lowest BCUT2D eigenvalue weighted by molar-refractivity contribution is 0.0997. The maximum atomic E-state index is 12.5. The third-order valence-electron chi connectivity index (χ3n) is 4.10. The van der Waals surface area contributed by atoms with Crippen LogP contribution < -0.4 is 10.7 Å². The van der Waals surface area contributed by atoms with E-state index in [4.69, 9.17) is 4.42 Å². The number of carbonyl (C=O) groups is 1. The highest BCUT2D eigenvalue weighted by atomic mass is 32.1. The van der Waals surface area contributed by atoms with Crippen LogP contribution in [0.4, 0.5) is 5.13 Å². The van der Waals surface area contributed by atoms with Crippen LogP contribution in [-0.2, 0) is 6.42 Å². The predicted octanol–water partition coefficient (Wildman–Crippen LogP) is 4.40. The Morgan fingerprint density at radius 1 is 1.15 bits per heavy atom. The third kappa shape index (κ3) is 3.80. The average Bonchev–Trinajstić information content (AvgIpc) is 3.09. The highest BCUT2D eigenvalue weighted by Gasteiger charge is 2.14. The first kappa shape index (κ1) is 17.2. The van der Waals surface area contributed by atoms with Crippen molar-refractivity contribution in [2.24, 2.45) is 0 Å². The summed E-state index contributed by atoms with van der Waals surface area (Å²) in [7, 11) is 0. The van der Waals surface area contributed by atoms with E-state index in [0.717, 1.165) is 16.9 Å². The molecule has 0 unspecified atom stereocenters. The number of aryl methyl sites for hydroxylation is 1. The second-order valence-corrected chi connectivity index (χ2v) is 7.34. The lowest BCUT2D eigenvalue weighted by Gasteiger charge is -2.03. The van der Waals surface area contributed by atoms with E-state index in [9.17, 15) is 9.59 Å². The van der Waals surface area contributed by atoms with E-state index in [1.807, 2.05) is 43.3 Å². The summed E-state index contributed by atoms with van der Waals surface area (Å²) in [6.45, 7) is 1.90. The molecule has 0 aliphatic heterocycles. The van der Waals surface area contributed by atoms with Gasteiger partial charge in [0.05, 0.1) is 5.39 Å². The Hall–Kier alpha value is -3.25. The predicted molar refractivity (Wildman–Crippen MR) is 107 cm³/mol. The van der Waals surface area contributed by atoms with Gasteiger partial charge >= 0.3 is 0 Å². The normalized spacial score (nSPS) is 10.9. The van der Waals surface area contributed by atoms with Crippen LogP contribution in [0.15, 0.2) is 70.0 Å². The first-order valence-corrected chi connectivity index (χ1v) is 9.24. The van der Waals surface area contributed by atoms with Crippen molar-refractivity contribution in [1.29, 1.82) is 0 Å². The lowest BCUT2D eigenvalue weighted by Crippen LogP contribution is -2.14. The largest absolute Gasteiger partial charge is 0.451 e. The van der Waals surface area contributed by atoms with Crippen LogP contribution in [-0.4, -0.2) is 10.9 Å². The van der Waals surface area contributed by atoms with E-state index in [1.165, 1.54) is 23.0 Å². The van der Waals surface area contributed by atoms with Crippen LogP contribution in [0.2, 0.25) is 0 Å². The van der Waals surface area contributed by atoms with Gasteiger partial charge in [-0.1, -0.05) is 42.0 Å². The number of hydrogen-bond acceptors (Lipinski definition) is 5. The quantitative estimate of drug-likeness (QED) is 0.573. The smallest absolute Gasteiger partial charge is 0.293 e. The Morgan fingerprint density at radius 2 is 1.96 bits per heavy atom. The minimum atomic E-state index is -0.491. The van der Waals surface area contributed by atoms with Gasteiger partial charge in [-0.25, -0.2) is 4.98 Å². The van der Waals surface area contributed by atoms with Gasteiger partial charge in [0.25, 0.3) is 5.91 Å². The molecule has 4 aromatic rings. The zero-order chi connectivity index (χ0) is 18.8. The van der Waals surface area contributed by atoms with E-state index in [0.29, 0.717) is 16.1 Å². The standard InChI is InChI=1S/C21H16N2O3S/c1-13-7-8-18-16(9-13)17(24)11-19(26-18)20(25)23-21-22-12-15(27-21)10-14-5-3-2-4-6-14/h2-9,11-12H,10H2,1H3,(H,22,23,25). The van der Waals surface area contributed by atoms with Gasteiger partial charge < -0.3 is 4.42 Å². The topological polar surface area (TPSA) is 72.2 Å². The Morgan fingerprint density at radius 3 is 2.78 bits per heavy atom. The molecular weight excluding hydrogens is 360 g/mol. The number of hydrogen-bond donors (Lipinski definition) is 1. The molecule has 0 aliphatic carbocycles. The van der Waals surface area contributed by atoms with Gasteiger partial charge in [-0.3, -0.25) is 14.9 Å². The number of nitrogens with one attached hydrogen (secondary N) is 1. The van der Waals surface area contributed by atoms with Gasteiger partial charge in [-0.05, 0) is 24.6 Å². The Bertz CT molecular complexity index is 1180. The number of benzene rings is 2. The summed E-state index contributed by atoms with van der Waals surface area (Å²) in [4.78, 5) is 30.0. The summed E-state index contributed by atoms with van der Waals surface area (Å²) >= 11 is 1.40. The Balaban J connectivity index is 1.53. The third-order valence-corrected chi connectivity index (χ3v) is 5.01. The molecule has 0 atom stereocenters. The van der Waals surface area contributed by atoms with Gasteiger partial charge in [0.1, 0.15) is 5.58 Å². The maximum absolute atomic E-state index is 12.5. The summed E-state index contributed by atoms with van der Waals surface area (Å²) in [6, 6.07) is 16.5. The molecule has 1 N–H and O–H groups in total. The number of rotatable bonds is 4. The summed E-state index contributed by atoms with van der Waals surface area (Å²) in [5.74, 6) is -0.522. The summed E-state index contributed by atoms with van der Waals surface area (Å²) < 4.78 is 5.60. The molecule has 4 rings (SSSR count). The Kier molecular flexibility index (Phi) is 4.56. The highest BCUT2D eigenvalue weighted by Crippen LogP contribution is 2.22. The van der Waals surface area contributed by atoms with Crippen molar-refractivity contribution in [3.8, 4) is 0 Å². The molecule has 0 radical (unpaired) electrons. The number of carbonyl (C=O) groups excluding carboxylic acids is 1. The van der Waals surface area contributed by atoms with E-state index in [2.05, 4.69) is 10.3 Å². The van der Waals surface area contributed by atoms with Crippen molar-refractivity contribution in [3.05, 3.63) is 92.8 Å². The second-order valence-electron chi connectivity index (χ2n) is 6.22. The molecule has 27 heavy (non-hydrogen) atoms. The molecule has 0 bridgehead atoms. The number of fused-ring (bicyclic) bond motifs is 1. The fourth-order valence-electron chi connectivity index (χ4n) is 2.78. The molecule has 0 spiro atoms. The number of amides is 1. The first-order valence-electron chi connectivity index (χ1n) is 8.43. The van der Waals surface area contributed by atoms with Crippen molar-refractivity contribution in [2.45, 2.75) is 13.3 Å². The summed E-state index contributed by atoms with van der Waals surface area (Å²) in [5.41, 5.74) is 2.28. The molecule has 5 nitrogen and oxygen atoms in total.